The average molecular weight is 402 g/mol. The Labute approximate surface area is 175 Å². The number of rotatable bonds is 7. The van der Waals surface area contributed by atoms with E-state index in [0.717, 1.165) is 23.7 Å². The molecule has 0 saturated heterocycles. The number of aliphatic imine (C=N–C) groups is 1. The van der Waals surface area contributed by atoms with Crippen LogP contribution in [0.3, 0.4) is 0 Å². The van der Waals surface area contributed by atoms with Crippen molar-refractivity contribution in [3.63, 3.8) is 0 Å². The molecule has 0 saturated carbocycles. The maximum Gasteiger partial charge on any atom is 0.262 e. The summed E-state index contributed by atoms with van der Waals surface area (Å²) >= 11 is 0. The molecule has 3 rings (SSSR count). The molecule has 2 amide bonds. The Hall–Kier alpha value is -3.79. The Morgan fingerprint density at radius 2 is 1.57 bits per heavy atom. The topological polar surface area (TPSA) is 93.8 Å². The van der Waals surface area contributed by atoms with Crippen molar-refractivity contribution in [2.24, 2.45) is 4.99 Å². The van der Waals surface area contributed by atoms with E-state index in [0.29, 0.717) is 5.69 Å². The fourth-order valence-corrected chi connectivity index (χ4v) is 3.47. The third-order valence-corrected chi connectivity index (χ3v) is 5.15. The lowest BCUT2D eigenvalue weighted by Crippen LogP contribution is -2.45. The lowest BCUT2D eigenvalue weighted by Gasteiger charge is -2.21. The second-order valence-electron chi connectivity index (χ2n) is 6.83. The minimum atomic E-state index is -1.13. The summed E-state index contributed by atoms with van der Waals surface area (Å²) in [5.41, 5.74) is 1.62. The molecule has 1 atom stereocenters. The van der Waals surface area contributed by atoms with E-state index in [4.69, 9.17) is 0 Å². The van der Waals surface area contributed by atoms with Gasteiger partial charge in [0, 0.05) is 18.8 Å². The van der Waals surface area contributed by atoms with Crippen LogP contribution < -0.4 is 4.90 Å². The third kappa shape index (κ3) is 3.72. The van der Waals surface area contributed by atoms with Gasteiger partial charge in [0.1, 0.15) is 12.1 Å². The van der Waals surface area contributed by atoms with Gasteiger partial charge in [0.15, 0.2) is 5.71 Å². The molecule has 0 N–H and O–H groups in total. The number of fused-ring (bicyclic) bond motifs is 1. The van der Waals surface area contributed by atoms with E-state index in [2.05, 4.69) is 23.7 Å². The number of carbonyl (C=O) groups excluding carboxylic acids is 3. The summed E-state index contributed by atoms with van der Waals surface area (Å²) in [6, 6.07) is 14.3. The lowest BCUT2D eigenvalue weighted by atomic mass is 10.1. The number of hydrogen-bond acceptors (Lipinski definition) is 6. The van der Waals surface area contributed by atoms with E-state index in [1.54, 1.807) is 42.5 Å². The van der Waals surface area contributed by atoms with E-state index in [9.17, 15) is 19.6 Å². The quantitative estimate of drug-likeness (QED) is 0.523. The second kappa shape index (κ2) is 8.70. The monoisotopic (exact) mass is 402 g/mol. The normalized spacial score (nSPS) is 14.3. The van der Waals surface area contributed by atoms with E-state index in [-0.39, 0.29) is 16.8 Å². The molecule has 1 aliphatic rings. The SMILES string of the molecule is CCN(CC)c1ccc(N=C(C#N)C(=O)[C@H](C)N2C(=O)c3ccccc3C2=O)cc1. The number of carbonyl (C=O) groups is 3. The molecule has 0 radical (unpaired) electrons. The molecule has 0 bridgehead atoms. The molecule has 7 nitrogen and oxygen atoms in total. The van der Waals surface area contributed by atoms with Gasteiger partial charge in [0.05, 0.1) is 16.8 Å². The molecule has 0 fully saturated rings. The molecule has 1 aliphatic heterocycles. The van der Waals surface area contributed by atoms with Gasteiger partial charge in [0.25, 0.3) is 11.8 Å². The molecule has 0 aliphatic carbocycles. The Bertz CT molecular complexity index is 1030. The fraction of sp³-hybridized carbons (Fsp3) is 0.261. The minimum Gasteiger partial charge on any atom is -0.372 e. The van der Waals surface area contributed by atoms with Gasteiger partial charge in [0.2, 0.25) is 5.78 Å². The van der Waals surface area contributed by atoms with Crippen LogP contribution in [-0.2, 0) is 4.79 Å². The van der Waals surface area contributed by atoms with Crippen molar-refractivity contribution < 1.29 is 14.4 Å². The van der Waals surface area contributed by atoms with E-state index < -0.39 is 23.6 Å². The van der Waals surface area contributed by atoms with Crippen LogP contribution in [0.1, 0.15) is 41.5 Å². The molecule has 152 valence electrons. The maximum absolute atomic E-state index is 12.9. The van der Waals surface area contributed by atoms with Gasteiger partial charge < -0.3 is 4.90 Å². The van der Waals surface area contributed by atoms with Crippen molar-refractivity contribution in [2.45, 2.75) is 26.8 Å². The highest BCUT2D eigenvalue weighted by molar-refractivity contribution is 6.48. The van der Waals surface area contributed by atoms with Gasteiger partial charge in [-0.25, -0.2) is 4.99 Å². The predicted molar refractivity (Wildman–Crippen MR) is 114 cm³/mol. The molecule has 2 aromatic rings. The van der Waals surface area contributed by atoms with Gasteiger partial charge in [-0.2, -0.15) is 5.26 Å². The summed E-state index contributed by atoms with van der Waals surface area (Å²) in [7, 11) is 0. The number of Topliss-reactive ketones (excluding diaryl/α,β-unsaturated/α-hetero) is 1. The first kappa shape index (κ1) is 20.9. The molecule has 1 heterocycles. The Kier molecular flexibility index (Phi) is 6.07. The highest BCUT2D eigenvalue weighted by atomic mass is 16.2. The van der Waals surface area contributed by atoms with Crippen LogP contribution in [0.2, 0.25) is 0 Å². The summed E-state index contributed by atoms with van der Waals surface area (Å²) in [6.07, 6.45) is 0. The third-order valence-electron chi connectivity index (χ3n) is 5.15. The Balaban J connectivity index is 1.84. The summed E-state index contributed by atoms with van der Waals surface area (Å²) in [5, 5.41) is 9.48. The van der Waals surface area contributed by atoms with E-state index in [1.807, 2.05) is 12.1 Å². The van der Waals surface area contributed by atoms with E-state index in [1.165, 1.54) is 6.92 Å². The second-order valence-corrected chi connectivity index (χ2v) is 6.83. The molecule has 30 heavy (non-hydrogen) atoms. The molecule has 0 unspecified atom stereocenters. The van der Waals surface area contributed by atoms with Crippen LogP contribution >= 0.6 is 0 Å². The number of anilines is 1. The first-order chi connectivity index (χ1) is 14.4. The van der Waals surface area contributed by atoms with Crippen molar-refractivity contribution in [3.05, 3.63) is 59.7 Å². The van der Waals surface area contributed by atoms with Crippen molar-refractivity contribution in [2.75, 3.05) is 18.0 Å². The summed E-state index contributed by atoms with van der Waals surface area (Å²) in [5.74, 6) is -1.77. The zero-order chi connectivity index (χ0) is 21.8. The first-order valence-electron chi connectivity index (χ1n) is 9.77. The van der Waals surface area contributed by atoms with Gasteiger partial charge >= 0.3 is 0 Å². The van der Waals surface area contributed by atoms with Crippen LogP contribution in [-0.4, -0.2) is 47.3 Å². The van der Waals surface area contributed by atoms with Gasteiger partial charge in [-0.05, 0) is 57.2 Å². The first-order valence-corrected chi connectivity index (χ1v) is 9.77. The highest BCUT2D eigenvalue weighted by Gasteiger charge is 2.41. The molecular formula is C23H22N4O3. The molecule has 2 aromatic carbocycles. The molecule has 7 heteroatoms. The maximum atomic E-state index is 12.9. The highest BCUT2D eigenvalue weighted by Crippen LogP contribution is 2.25. The van der Waals surface area contributed by atoms with Crippen LogP contribution in [0, 0.1) is 11.3 Å². The molecule has 0 aromatic heterocycles. The number of nitrogens with zero attached hydrogens (tertiary/aromatic N) is 4. The van der Waals surface area contributed by atoms with Gasteiger partial charge in [-0.15, -0.1) is 0 Å². The van der Waals surface area contributed by atoms with E-state index >= 15 is 0 Å². The lowest BCUT2D eigenvalue weighted by molar-refractivity contribution is -0.116. The summed E-state index contributed by atoms with van der Waals surface area (Å²) in [4.78, 5) is 45.3. The minimum absolute atomic E-state index is 0.254. The van der Waals surface area contributed by atoms with Crippen molar-refractivity contribution in [1.82, 2.24) is 4.90 Å². The fourth-order valence-electron chi connectivity index (χ4n) is 3.47. The van der Waals surface area contributed by atoms with Crippen LogP contribution in [0.25, 0.3) is 0 Å². The molecular weight excluding hydrogens is 380 g/mol. The standard InChI is InChI=1S/C23H22N4O3/c1-4-26(5-2)17-12-10-16(11-13-17)25-20(14-24)21(28)15(3)27-22(29)18-8-6-7-9-19(18)23(27)30/h6-13,15H,4-5H2,1-3H3/t15-/m0/s1. The number of nitriles is 1. The van der Waals surface area contributed by atoms with Crippen molar-refractivity contribution in [1.29, 1.82) is 5.26 Å². The van der Waals surface area contributed by atoms with Crippen LogP contribution in [0.4, 0.5) is 11.4 Å². The molecule has 0 spiro atoms. The van der Waals surface area contributed by atoms with Gasteiger partial charge in [-0.1, -0.05) is 12.1 Å². The average Bonchev–Trinajstić information content (AvgIpc) is 3.03. The Morgan fingerprint density at radius 3 is 2.03 bits per heavy atom. The number of hydrogen-bond donors (Lipinski definition) is 0. The smallest absolute Gasteiger partial charge is 0.262 e. The van der Waals surface area contributed by atoms with Crippen LogP contribution in [0.5, 0.6) is 0 Å². The predicted octanol–water partition coefficient (Wildman–Crippen LogP) is 3.38. The number of imide groups is 1. The number of ketones is 1. The van der Waals surface area contributed by atoms with Crippen molar-refractivity contribution in [3.8, 4) is 6.07 Å². The number of benzene rings is 2. The number of amides is 2. The largest absolute Gasteiger partial charge is 0.372 e. The Morgan fingerprint density at radius 1 is 1.03 bits per heavy atom. The van der Waals surface area contributed by atoms with Crippen molar-refractivity contribution >= 4 is 34.7 Å². The summed E-state index contributed by atoms with van der Waals surface area (Å²) in [6.45, 7) is 7.27. The zero-order valence-electron chi connectivity index (χ0n) is 17.1. The van der Waals surface area contributed by atoms with Crippen LogP contribution in [0.15, 0.2) is 53.5 Å². The van der Waals surface area contributed by atoms with Gasteiger partial charge in [-0.3, -0.25) is 19.3 Å². The summed E-state index contributed by atoms with van der Waals surface area (Å²) < 4.78 is 0. The zero-order valence-corrected chi connectivity index (χ0v) is 17.1.